The van der Waals surface area contributed by atoms with Gasteiger partial charge >= 0.3 is 0 Å². The van der Waals surface area contributed by atoms with Gasteiger partial charge in [-0.2, -0.15) is 0 Å². The SMILES string of the molecule is Cl.O=C(CCCc1ccc2c(c1)-c1ccccc1C2)N1CCNCC1. The number of amides is 1. The summed E-state index contributed by atoms with van der Waals surface area (Å²) in [7, 11) is 0. The first-order valence-corrected chi connectivity index (χ1v) is 9.00. The molecule has 0 aromatic heterocycles. The molecule has 0 unspecified atom stereocenters. The average Bonchev–Trinajstić information content (AvgIpc) is 3.00. The van der Waals surface area contributed by atoms with E-state index in [4.69, 9.17) is 0 Å². The van der Waals surface area contributed by atoms with Gasteiger partial charge in [-0.3, -0.25) is 4.79 Å². The van der Waals surface area contributed by atoms with Crippen molar-refractivity contribution in [2.45, 2.75) is 25.7 Å². The van der Waals surface area contributed by atoms with E-state index < -0.39 is 0 Å². The molecular weight excluding hydrogens is 332 g/mol. The van der Waals surface area contributed by atoms with Crippen molar-refractivity contribution in [2.24, 2.45) is 0 Å². The van der Waals surface area contributed by atoms with Gasteiger partial charge in [-0.05, 0) is 47.1 Å². The number of piperazine rings is 1. The number of aryl methyl sites for hydroxylation is 1. The number of benzene rings is 2. The molecule has 2 aliphatic rings. The van der Waals surface area contributed by atoms with Crippen LogP contribution in [-0.4, -0.2) is 37.0 Å². The van der Waals surface area contributed by atoms with Crippen LogP contribution in [0.4, 0.5) is 0 Å². The summed E-state index contributed by atoms with van der Waals surface area (Å²) >= 11 is 0. The number of nitrogens with zero attached hydrogens (tertiary/aromatic N) is 1. The number of fused-ring (bicyclic) bond motifs is 3. The van der Waals surface area contributed by atoms with E-state index in [1.807, 2.05) is 4.90 Å². The Balaban J connectivity index is 0.00000182. The molecule has 1 aliphatic heterocycles. The Kier molecular flexibility index (Phi) is 5.77. The van der Waals surface area contributed by atoms with Crippen molar-refractivity contribution in [3.63, 3.8) is 0 Å². The van der Waals surface area contributed by atoms with Crippen LogP contribution in [0.3, 0.4) is 0 Å². The summed E-state index contributed by atoms with van der Waals surface area (Å²) in [5.41, 5.74) is 6.97. The Morgan fingerprint density at radius 1 is 1.00 bits per heavy atom. The maximum absolute atomic E-state index is 12.2. The third-order valence-electron chi connectivity index (χ3n) is 5.19. The van der Waals surface area contributed by atoms with E-state index >= 15 is 0 Å². The Hall–Kier alpha value is -1.84. The van der Waals surface area contributed by atoms with E-state index in [-0.39, 0.29) is 12.4 Å². The monoisotopic (exact) mass is 356 g/mol. The summed E-state index contributed by atoms with van der Waals surface area (Å²) in [6, 6.07) is 15.5. The lowest BCUT2D eigenvalue weighted by Crippen LogP contribution is -2.46. The van der Waals surface area contributed by atoms with Crippen LogP contribution in [0.15, 0.2) is 42.5 Å². The average molecular weight is 357 g/mol. The zero-order chi connectivity index (χ0) is 16.4. The number of nitrogens with one attached hydrogen (secondary N) is 1. The van der Waals surface area contributed by atoms with E-state index in [1.54, 1.807) is 0 Å². The lowest BCUT2D eigenvalue weighted by Gasteiger charge is -2.27. The lowest BCUT2D eigenvalue weighted by atomic mass is 10.00. The van der Waals surface area contributed by atoms with Crippen LogP contribution in [0.1, 0.15) is 29.5 Å². The standard InChI is InChI=1S/C21H24N2O.ClH/c24-21(23-12-10-22-11-13-23)7-3-4-16-8-9-18-15-17-5-1-2-6-19(17)20(18)14-16;/h1-2,5-6,8-9,14,22H,3-4,7,10-13,15H2;1H. The molecule has 1 fully saturated rings. The first-order chi connectivity index (χ1) is 11.8. The second-order valence-electron chi connectivity index (χ2n) is 6.81. The number of halogens is 1. The highest BCUT2D eigenvalue weighted by Crippen LogP contribution is 2.36. The molecule has 4 rings (SSSR count). The van der Waals surface area contributed by atoms with Gasteiger partial charge in [0, 0.05) is 32.6 Å². The van der Waals surface area contributed by atoms with Crippen LogP contribution in [0.5, 0.6) is 0 Å². The van der Waals surface area contributed by atoms with Gasteiger partial charge in [0.1, 0.15) is 0 Å². The molecule has 4 heteroatoms. The first kappa shape index (κ1) is 18.0. The zero-order valence-corrected chi connectivity index (χ0v) is 15.3. The van der Waals surface area contributed by atoms with Crippen LogP contribution < -0.4 is 5.32 Å². The molecule has 1 N–H and O–H groups in total. The molecule has 0 radical (unpaired) electrons. The van der Waals surface area contributed by atoms with Crippen molar-refractivity contribution >= 4 is 18.3 Å². The molecule has 0 bridgehead atoms. The molecule has 1 heterocycles. The van der Waals surface area contributed by atoms with Crippen LogP contribution in [0, 0.1) is 0 Å². The fraction of sp³-hybridized carbons (Fsp3) is 0.381. The minimum atomic E-state index is 0. The molecule has 0 atom stereocenters. The first-order valence-electron chi connectivity index (χ1n) is 9.00. The predicted octanol–water partition coefficient (Wildman–Crippen LogP) is 3.43. The maximum Gasteiger partial charge on any atom is 0.222 e. The molecule has 1 amide bonds. The molecule has 0 spiro atoms. The fourth-order valence-corrected chi connectivity index (χ4v) is 3.84. The fourth-order valence-electron chi connectivity index (χ4n) is 3.84. The predicted molar refractivity (Wildman–Crippen MR) is 104 cm³/mol. The zero-order valence-electron chi connectivity index (χ0n) is 14.5. The van der Waals surface area contributed by atoms with Gasteiger partial charge in [0.25, 0.3) is 0 Å². The van der Waals surface area contributed by atoms with Crippen LogP contribution in [-0.2, 0) is 17.6 Å². The molecule has 2 aromatic carbocycles. The van der Waals surface area contributed by atoms with Crippen LogP contribution in [0.25, 0.3) is 11.1 Å². The van der Waals surface area contributed by atoms with Gasteiger partial charge in [0.2, 0.25) is 5.91 Å². The van der Waals surface area contributed by atoms with E-state index in [9.17, 15) is 4.79 Å². The highest BCUT2D eigenvalue weighted by Gasteiger charge is 2.18. The second kappa shape index (κ2) is 8.03. The molecule has 0 saturated carbocycles. The van der Waals surface area contributed by atoms with E-state index in [0.717, 1.165) is 45.4 Å². The van der Waals surface area contributed by atoms with Gasteiger partial charge in [0.15, 0.2) is 0 Å². The van der Waals surface area contributed by atoms with Gasteiger partial charge in [-0.25, -0.2) is 0 Å². The van der Waals surface area contributed by atoms with E-state index in [2.05, 4.69) is 47.8 Å². The smallest absolute Gasteiger partial charge is 0.222 e. The number of rotatable bonds is 4. The summed E-state index contributed by atoms with van der Waals surface area (Å²) in [4.78, 5) is 14.2. The number of hydrogen-bond donors (Lipinski definition) is 1. The number of hydrogen-bond acceptors (Lipinski definition) is 2. The summed E-state index contributed by atoms with van der Waals surface area (Å²) < 4.78 is 0. The van der Waals surface area contributed by atoms with Crippen molar-refractivity contribution < 1.29 is 4.79 Å². The van der Waals surface area contributed by atoms with Crippen molar-refractivity contribution in [3.05, 3.63) is 59.2 Å². The topological polar surface area (TPSA) is 32.3 Å². The Morgan fingerprint density at radius 2 is 1.76 bits per heavy atom. The summed E-state index contributed by atoms with van der Waals surface area (Å²) in [5.74, 6) is 0.308. The number of carbonyl (C=O) groups excluding carboxylic acids is 1. The summed E-state index contributed by atoms with van der Waals surface area (Å²) in [6.45, 7) is 3.56. The Labute approximate surface area is 155 Å². The normalized spacial score (nSPS) is 15.3. The van der Waals surface area contributed by atoms with Crippen molar-refractivity contribution in [1.82, 2.24) is 10.2 Å². The maximum atomic E-state index is 12.2. The Morgan fingerprint density at radius 3 is 2.60 bits per heavy atom. The highest BCUT2D eigenvalue weighted by molar-refractivity contribution is 5.85. The molecule has 132 valence electrons. The van der Waals surface area contributed by atoms with Gasteiger partial charge in [0.05, 0.1) is 0 Å². The van der Waals surface area contributed by atoms with Gasteiger partial charge in [-0.15, -0.1) is 12.4 Å². The summed E-state index contributed by atoms with van der Waals surface area (Å²) in [5, 5.41) is 3.29. The van der Waals surface area contributed by atoms with Gasteiger partial charge < -0.3 is 10.2 Å². The Bertz CT molecular complexity index is 753. The quantitative estimate of drug-likeness (QED) is 0.776. The number of carbonyl (C=O) groups is 1. The van der Waals surface area contributed by atoms with Crippen molar-refractivity contribution in [1.29, 1.82) is 0 Å². The van der Waals surface area contributed by atoms with Crippen LogP contribution >= 0.6 is 12.4 Å². The minimum Gasteiger partial charge on any atom is -0.340 e. The summed E-state index contributed by atoms with van der Waals surface area (Å²) in [6.07, 6.45) is 3.62. The molecule has 3 nitrogen and oxygen atoms in total. The van der Waals surface area contributed by atoms with Crippen molar-refractivity contribution in [3.8, 4) is 11.1 Å². The lowest BCUT2D eigenvalue weighted by molar-refractivity contribution is -0.131. The second-order valence-corrected chi connectivity index (χ2v) is 6.81. The third-order valence-corrected chi connectivity index (χ3v) is 5.19. The van der Waals surface area contributed by atoms with Gasteiger partial charge in [-0.1, -0.05) is 42.5 Å². The van der Waals surface area contributed by atoms with E-state index in [1.165, 1.54) is 27.8 Å². The van der Waals surface area contributed by atoms with Crippen molar-refractivity contribution in [2.75, 3.05) is 26.2 Å². The van der Waals surface area contributed by atoms with E-state index in [0.29, 0.717) is 12.3 Å². The minimum absolute atomic E-state index is 0. The molecule has 1 saturated heterocycles. The molecule has 1 aliphatic carbocycles. The molecule has 2 aromatic rings. The largest absolute Gasteiger partial charge is 0.340 e. The van der Waals surface area contributed by atoms with Crippen LogP contribution in [0.2, 0.25) is 0 Å². The molecular formula is C21H25ClN2O. The highest BCUT2D eigenvalue weighted by atomic mass is 35.5. The molecule has 25 heavy (non-hydrogen) atoms. The third kappa shape index (κ3) is 3.88.